The fourth-order valence-electron chi connectivity index (χ4n) is 1.30. The quantitative estimate of drug-likeness (QED) is 0.889. The summed E-state index contributed by atoms with van der Waals surface area (Å²) in [7, 11) is 0. The van der Waals surface area contributed by atoms with Crippen LogP contribution in [0.1, 0.15) is 5.69 Å². The molecule has 2 rings (SSSR count). The molecule has 1 aromatic heterocycles. The van der Waals surface area contributed by atoms with Gasteiger partial charge in [-0.1, -0.05) is 15.9 Å². The molecule has 0 spiro atoms. The van der Waals surface area contributed by atoms with Gasteiger partial charge in [-0.3, -0.25) is 0 Å². The molecular formula is C10H10BrN3. The van der Waals surface area contributed by atoms with Gasteiger partial charge in [0.15, 0.2) is 0 Å². The molecule has 0 radical (unpaired) electrons. The van der Waals surface area contributed by atoms with E-state index in [0.29, 0.717) is 6.54 Å². The molecule has 0 amide bonds. The van der Waals surface area contributed by atoms with Crippen LogP contribution in [0.25, 0.3) is 5.69 Å². The molecule has 0 unspecified atom stereocenters. The number of hydrogen-bond donors (Lipinski definition) is 1. The van der Waals surface area contributed by atoms with Gasteiger partial charge in [0.25, 0.3) is 0 Å². The van der Waals surface area contributed by atoms with Crippen molar-refractivity contribution in [1.82, 2.24) is 9.78 Å². The number of benzene rings is 1. The third kappa shape index (κ3) is 1.71. The van der Waals surface area contributed by atoms with E-state index in [9.17, 15) is 0 Å². The fourth-order valence-corrected chi connectivity index (χ4v) is 1.56. The highest BCUT2D eigenvalue weighted by molar-refractivity contribution is 9.10. The first kappa shape index (κ1) is 9.43. The van der Waals surface area contributed by atoms with E-state index in [0.717, 1.165) is 15.9 Å². The van der Waals surface area contributed by atoms with Gasteiger partial charge in [-0.2, -0.15) is 5.10 Å². The molecule has 72 valence electrons. The zero-order valence-electron chi connectivity index (χ0n) is 7.52. The number of aromatic nitrogens is 2. The minimum Gasteiger partial charge on any atom is -0.325 e. The molecule has 0 aliphatic heterocycles. The van der Waals surface area contributed by atoms with Crippen molar-refractivity contribution < 1.29 is 0 Å². The molecule has 1 heterocycles. The van der Waals surface area contributed by atoms with Gasteiger partial charge in [0.1, 0.15) is 0 Å². The van der Waals surface area contributed by atoms with Crippen LogP contribution in [0.4, 0.5) is 0 Å². The van der Waals surface area contributed by atoms with Gasteiger partial charge < -0.3 is 5.73 Å². The number of hydrogen-bond acceptors (Lipinski definition) is 2. The van der Waals surface area contributed by atoms with Crippen molar-refractivity contribution in [2.45, 2.75) is 6.54 Å². The lowest BCUT2D eigenvalue weighted by molar-refractivity contribution is 0.804. The van der Waals surface area contributed by atoms with Crippen LogP contribution in [0.15, 0.2) is 41.0 Å². The summed E-state index contributed by atoms with van der Waals surface area (Å²) in [5.74, 6) is 0. The molecule has 1 aromatic carbocycles. The Bertz CT molecular complexity index is 419. The van der Waals surface area contributed by atoms with Crippen molar-refractivity contribution in [2.75, 3.05) is 0 Å². The molecule has 2 N–H and O–H groups in total. The van der Waals surface area contributed by atoms with Crippen molar-refractivity contribution >= 4 is 15.9 Å². The van der Waals surface area contributed by atoms with E-state index in [1.807, 2.05) is 35.0 Å². The van der Waals surface area contributed by atoms with Gasteiger partial charge in [0.05, 0.1) is 11.4 Å². The molecular weight excluding hydrogens is 242 g/mol. The van der Waals surface area contributed by atoms with Crippen molar-refractivity contribution in [3.05, 3.63) is 46.7 Å². The largest absolute Gasteiger partial charge is 0.325 e. The van der Waals surface area contributed by atoms with Gasteiger partial charge >= 0.3 is 0 Å². The van der Waals surface area contributed by atoms with E-state index >= 15 is 0 Å². The second-order valence-electron chi connectivity index (χ2n) is 2.91. The molecule has 2 aromatic rings. The molecule has 0 atom stereocenters. The van der Waals surface area contributed by atoms with E-state index < -0.39 is 0 Å². The Morgan fingerprint density at radius 1 is 1.21 bits per heavy atom. The summed E-state index contributed by atoms with van der Waals surface area (Å²) in [5, 5.41) is 4.21. The first-order valence-corrected chi connectivity index (χ1v) is 5.09. The summed E-state index contributed by atoms with van der Waals surface area (Å²) in [6, 6.07) is 9.88. The van der Waals surface area contributed by atoms with E-state index in [1.165, 1.54) is 0 Å². The highest BCUT2D eigenvalue weighted by Crippen LogP contribution is 2.14. The van der Waals surface area contributed by atoms with Gasteiger partial charge in [0.2, 0.25) is 0 Å². The summed E-state index contributed by atoms with van der Waals surface area (Å²) in [6.45, 7) is 0.496. The number of nitrogens with two attached hydrogens (primary N) is 1. The second kappa shape index (κ2) is 3.94. The number of nitrogens with zero attached hydrogens (tertiary/aromatic N) is 2. The summed E-state index contributed by atoms with van der Waals surface area (Å²) in [6.07, 6.45) is 1.75. The zero-order chi connectivity index (χ0) is 9.97. The highest BCUT2D eigenvalue weighted by Gasteiger charge is 2.01. The molecule has 0 aliphatic rings. The maximum atomic E-state index is 5.59. The van der Waals surface area contributed by atoms with Crippen LogP contribution in [0.2, 0.25) is 0 Å². The van der Waals surface area contributed by atoms with Crippen LogP contribution in [-0.4, -0.2) is 9.78 Å². The standard InChI is InChI=1S/C10H10BrN3/c11-8-1-3-9(4-2-8)14-10(7-12)5-6-13-14/h1-6H,7,12H2. The van der Waals surface area contributed by atoms with Gasteiger partial charge in [-0.05, 0) is 30.3 Å². The minimum atomic E-state index is 0.496. The summed E-state index contributed by atoms with van der Waals surface area (Å²) in [5.41, 5.74) is 7.63. The van der Waals surface area contributed by atoms with E-state index in [1.54, 1.807) is 6.20 Å². The molecule has 4 heteroatoms. The second-order valence-corrected chi connectivity index (χ2v) is 3.83. The fraction of sp³-hybridized carbons (Fsp3) is 0.100. The Kier molecular flexibility index (Phi) is 2.65. The zero-order valence-corrected chi connectivity index (χ0v) is 9.11. The maximum absolute atomic E-state index is 5.59. The van der Waals surface area contributed by atoms with Crippen LogP contribution >= 0.6 is 15.9 Å². The molecule has 0 bridgehead atoms. The minimum absolute atomic E-state index is 0.496. The molecule has 0 saturated heterocycles. The molecule has 14 heavy (non-hydrogen) atoms. The van der Waals surface area contributed by atoms with Crippen LogP contribution < -0.4 is 5.73 Å². The summed E-state index contributed by atoms with van der Waals surface area (Å²) in [4.78, 5) is 0. The van der Waals surface area contributed by atoms with Crippen LogP contribution in [0.5, 0.6) is 0 Å². The Morgan fingerprint density at radius 3 is 2.57 bits per heavy atom. The smallest absolute Gasteiger partial charge is 0.0650 e. The predicted octanol–water partition coefficient (Wildman–Crippen LogP) is 2.09. The van der Waals surface area contributed by atoms with Gasteiger partial charge in [0, 0.05) is 17.2 Å². The lowest BCUT2D eigenvalue weighted by atomic mass is 10.3. The average molecular weight is 252 g/mol. The topological polar surface area (TPSA) is 43.8 Å². The van der Waals surface area contributed by atoms with Crippen LogP contribution in [-0.2, 0) is 6.54 Å². The van der Waals surface area contributed by atoms with Gasteiger partial charge in [-0.15, -0.1) is 0 Å². The molecule has 0 aliphatic carbocycles. The lowest BCUT2D eigenvalue weighted by Gasteiger charge is -2.05. The molecule has 3 nitrogen and oxygen atoms in total. The Morgan fingerprint density at radius 2 is 1.93 bits per heavy atom. The first-order valence-electron chi connectivity index (χ1n) is 4.30. The third-order valence-corrected chi connectivity index (χ3v) is 2.53. The monoisotopic (exact) mass is 251 g/mol. The maximum Gasteiger partial charge on any atom is 0.0650 e. The van der Waals surface area contributed by atoms with Crippen LogP contribution in [0.3, 0.4) is 0 Å². The summed E-state index contributed by atoms with van der Waals surface area (Å²) >= 11 is 3.39. The number of halogens is 1. The van der Waals surface area contributed by atoms with Crippen molar-refractivity contribution in [3.8, 4) is 5.69 Å². The summed E-state index contributed by atoms with van der Waals surface area (Å²) < 4.78 is 2.90. The van der Waals surface area contributed by atoms with Crippen LogP contribution in [0, 0.1) is 0 Å². The van der Waals surface area contributed by atoms with Crippen molar-refractivity contribution in [2.24, 2.45) is 5.73 Å². The van der Waals surface area contributed by atoms with E-state index in [2.05, 4.69) is 21.0 Å². The lowest BCUT2D eigenvalue weighted by Crippen LogP contribution is -2.06. The Balaban J connectivity index is 2.44. The molecule has 0 saturated carbocycles. The van der Waals surface area contributed by atoms with E-state index in [-0.39, 0.29) is 0 Å². The van der Waals surface area contributed by atoms with E-state index in [4.69, 9.17) is 5.73 Å². The molecule has 0 fully saturated rings. The highest BCUT2D eigenvalue weighted by atomic mass is 79.9. The average Bonchev–Trinajstić information content (AvgIpc) is 2.67. The SMILES string of the molecule is NCc1ccnn1-c1ccc(Br)cc1. The number of rotatable bonds is 2. The van der Waals surface area contributed by atoms with Gasteiger partial charge in [-0.25, -0.2) is 4.68 Å². The Hall–Kier alpha value is -1.13. The first-order chi connectivity index (χ1) is 6.81. The van der Waals surface area contributed by atoms with Crippen molar-refractivity contribution in [3.63, 3.8) is 0 Å². The normalized spacial score (nSPS) is 10.4. The third-order valence-electron chi connectivity index (χ3n) is 2.00. The predicted molar refractivity (Wildman–Crippen MR) is 59.2 cm³/mol. The Labute approximate surface area is 90.7 Å². The van der Waals surface area contributed by atoms with Crippen molar-refractivity contribution in [1.29, 1.82) is 0 Å².